The van der Waals surface area contributed by atoms with Crippen LogP contribution in [-0.4, -0.2) is 16.3 Å². The summed E-state index contributed by atoms with van der Waals surface area (Å²) < 4.78 is 4.06. The molecule has 1 N–H and O–H groups in total. The number of rotatable bonds is 4. The largest absolute Gasteiger partial charge is 1.00 e. The highest BCUT2D eigenvalue weighted by molar-refractivity contribution is 4.75. The maximum absolute atomic E-state index is 9.21. The fourth-order valence-corrected chi connectivity index (χ4v) is 1.52. The zero-order valence-corrected chi connectivity index (χ0v) is 9.78. The average molecular weight is 219 g/mol. The molecule has 1 rings (SSSR count). The SMILES string of the molecule is CC(C)C[C@H](CO)n1cc[n+](C)c1.[Cl-]. The zero-order valence-electron chi connectivity index (χ0n) is 9.02. The first-order valence-electron chi connectivity index (χ1n) is 4.77. The van der Waals surface area contributed by atoms with Gasteiger partial charge in [0.15, 0.2) is 0 Å². The molecule has 0 amide bonds. The van der Waals surface area contributed by atoms with E-state index in [0.29, 0.717) is 5.92 Å². The molecule has 0 saturated carbocycles. The molecule has 14 heavy (non-hydrogen) atoms. The van der Waals surface area contributed by atoms with E-state index in [2.05, 4.69) is 18.4 Å². The first-order chi connectivity index (χ1) is 6.13. The van der Waals surface area contributed by atoms with Crippen LogP contribution in [0, 0.1) is 5.92 Å². The van der Waals surface area contributed by atoms with Gasteiger partial charge in [-0.15, -0.1) is 0 Å². The molecule has 1 heterocycles. The van der Waals surface area contributed by atoms with Gasteiger partial charge in [0.1, 0.15) is 18.4 Å². The standard InChI is InChI=1S/C10H19N2O.ClH/c1-9(2)6-10(7-13)12-5-4-11(3)8-12;/h4-5,8-10,13H,6-7H2,1-3H3;1H/q+1;/p-1/t10-;/m1./s1. The quantitative estimate of drug-likeness (QED) is 0.577. The van der Waals surface area contributed by atoms with E-state index < -0.39 is 0 Å². The lowest BCUT2D eigenvalue weighted by atomic mass is 10.0. The van der Waals surface area contributed by atoms with Crippen molar-refractivity contribution >= 4 is 0 Å². The lowest BCUT2D eigenvalue weighted by Crippen LogP contribution is -3.00. The number of aromatic nitrogens is 2. The molecule has 1 aromatic rings. The highest BCUT2D eigenvalue weighted by Crippen LogP contribution is 2.15. The van der Waals surface area contributed by atoms with Crippen molar-refractivity contribution in [1.82, 2.24) is 4.57 Å². The lowest BCUT2D eigenvalue weighted by molar-refractivity contribution is -0.671. The van der Waals surface area contributed by atoms with Crippen LogP contribution in [0.5, 0.6) is 0 Å². The van der Waals surface area contributed by atoms with Gasteiger partial charge in [0.25, 0.3) is 0 Å². The molecule has 0 aliphatic rings. The molecule has 0 radical (unpaired) electrons. The van der Waals surface area contributed by atoms with Crippen molar-refractivity contribution in [1.29, 1.82) is 0 Å². The van der Waals surface area contributed by atoms with Crippen LogP contribution >= 0.6 is 0 Å². The summed E-state index contributed by atoms with van der Waals surface area (Å²) in [5, 5.41) is 9.21. The van der Waals surface area contributed by atoms with Crippen molar-refractivity contribution in [2.24, 2.45) is 13.0 Å². The van der Waals surface area contributed by atoms with Crippen LogP contribution in [0.3, 0.4) is 0 Å². The predicted molar refractivity (Wildman–Crippen MR) is 51.2 cm³/mol. The van der Waals surface area contributed by atoms with Gasteiger partial charge in [-0.3, -0.25) is 0 Å². The van der Waals surface area contributed by atoms with Crippen molar-refractivity contribution in [2.75, 3.05) is 6.61 Å². The Kier molecular flexibility index (Phi) is 5.81. The molecule has 0 aromatic carbocycles. The fourth-order valence-electron chi connectivity index (χ4n) is 1.52. The van der Waals surface area contributed by atoms with Gasteiger partial charge in [0.2, 0.25) is 6.33 Å². The molecule has 0 saturated heterocycles. The smallest absolute Gasteiger partial charge is 0.243 e. The molecule has 0 spiro atoms. The molecular formula is C10H19ClN2O. The van der Waals surface area contributed by atoms with E-state index in [0.717, 1.165) is 6.42 Å². The first-order valence-corrected chi connectivity index (χ1v) is 4.77. The van der Waals surface area contributed by atoms with Gasteiger partial charge in [0.05, 0.1) is 13.7 Å². The third kappa shape index (κ3) is 3.68. The molecule has 0 unspecified atom stereocenters. The maximum Gasteiger partial charge on any atom is 0.243 e. The van der Waals surface area contributed by atoms with Crippen LogP contribution < -0.4 is 17.0 Å². The first kappa shape index (κ1) is 13.5. The highest BCUT2D eigenvalue weighted by atomic mass is 35.5. The van der Waals surface area contributed by atoms with Crippen LogP contribution in [0.2, 0.25) is 0 Å². The second-order valence-corrected chi connectivity index (χ2v) is 3.99. The second-order valence-electron chi connectivity index (χ2n) is 3.99. The molecule has 0 bridgehead atoms. The lowest BCUT2D eigenvalue weighted by Gasteiger charge is -2.12. The topological polar surface area (TPSA) is 29.0 Å². The number of aryl methyl sites for hydroxylation is 1. The molecule has 0 fully saturated rings. The summed E-state index contributed by atoms with van der Waals surface area (Å²) in [6, 6.07) is 0.223. The Balaban J connectivity index is 0.00000169. The molecule has 3 nitrogen and oxygen atoms in total. The summed E-state index contributed by atoms with van der Waals surface area (Å²) in [5.41, 5.74) is 0. The number of hydrogen-bond acceptors (Lipinski definition) is 1. The summed E-state index contributed by atoms with van der Waals surface area (Å²) in [6.07, 6.45) is 7.01. The Morgan fingerprint density at radius 3 is 2.43 bits per heavy atom. The van der Waals surface area contributed by atoms with E-state index in [1.54, 1.807) is 0 Å². The van der Waals surface area contributed by atoms with Crippen LogP contribution in [0.25, 0.3) is 0 Å². The van der Waals surface area contributed by atoms with E-state index in [9.17, 15) is 5.11 Å². The van der Waals surface area contributed by atoms with Gasteiger partial charge < -0.3 is 17.5 Å². The van der Waals surface area contributed by atoms with E-state index in [1.165, 1.54) is 0 Å². The van der Waals surface area contributed by atoms with Crippen LogP contribution in [0.1, 0.15) is 26.3 Å². The van der Waals surface area contributed by atoms with Gasteiger partial charge in [-0.05, 0) is 12.3 Å². The van der Waals surface area contributed by atoms with Gasteiger partial charge in [-0.1, -0.05) is 13.8 Å². The van der Waals surface area contributed by atoms with Crippen LogP contribution in [-0.2, 0) is 7.05 Å². The highest BCUT2D eigenvalue weighted by Gasteiger charge is 2.16. The zero-order chi connectivity index (χ0) is 9.84. The molecule has 0 aliphatic heterocycles. The Morgan fingerprint density at radius 1 is 1.43 bits per heavy atom. The van der Waals surface area contributed by atoms with Gasteiger partial charge in [-0.25, -0.2) is 9.13 Å². The Hall–Kier alpha value is -0.540. The van der Waals surface area contributed by atoms with E-state index in [1.807, 2.05) is 30.3 Å². The van der Waals surface area contributed by atoms with Gasteiger partial charge in [-0.2, -0.15) is 0 Å². The van der Waals surface area contributed by atoms with Crippen molar-refractivity contribution in [3.8, 4) is 0 Å². The summed E-state index contributed by atoms with van der Waals surface area (Å²) >= 11 is 0. The maximum atomic E-state index is 9.21. The van der Waals surface area contributed by atoms with Gasteiger partial charge >= 0.3 is 0 Å². The minimum Gasteiger partial charge on any atom is -1.00 e. The minimum absolute atomic E-state index is 0. The Labute approximate surface area is 91.8 Å². The molecule has 82 valence electrons. The van der Waals surface area contributed by atoms with Crippen molar-refractivity contribution < 1.29 is 22.1 Å². The molecular weight excluding hydrogens is 200 g/mol. The number of hydrogen-bond donors (Lipinski definition) is 1. The number of halogens is 1. The van der Waals surface area contributed by atoms with E-state index in [-0.39, 0.29) is 25.1 Å². The van der Waals surface area contributed by atoms with Crippen LogP contribution in [0.15, 0.2) is 18.7 Å². The number of aliphatic hydroxyl groups excluding tert-OH is 1. The molecule has 1 atom stereocenters. The summed E-state index contributed by atoms with van der Waals surface area (Å²) in [6.45, 7) is 4.56. The van der Waals surface area contributed by atoms with Crippen LogP contribution in [0.4, 0.5) is 0 Å². The fraction of sp³-hybridized carbons (Fsp3) is 0.700. The molecule has 1 aromatic heterocycles. The summed E-state index contributed by atoms with van der Waals surface area (Å²) in [5.74, 6) is 0.616. The summed E-state index contributed by atoms with van der Waals surface area (Å²) in [7, 11) is 1.99. The number of imidazole rings is 1. The van der Waals surface area contributed by atoms with Crippen molar-refractivity contribution in [3.05, 3.63) is 18.7 Å². The van der Waals surface area contributed by atoms with Gasteiger partial charge in [0, 0.05) is 0 Å². The van der Waals surface area contributed by atoms with E-state index >= 15 is 0 Å². The number of aliphatic hydroxyl groups is 1. The third-order valence-electron chi connectivity index (χ3n) is 2.17. The monoisotopic (exact) mass is 218 g/mol. The average Bonchev–Trinajstić information content (AvgIpc) is 2.47. The normalized spacial score (nSPS) is 12.6. The molecule has 4 heteroatoms. The summed E-state index contributed by atoms with van der Waals surface area (Å²) in [4.78, 5) is 0. The third-order valence-corrected chi connectivity index (χ3v) is 2.17. The van der Waals surface area contributed by atoms with Crippen molar-refractivity contribution in [2.45, 2.75) is 26.3 Å². The minimum atomic E-state index is 0. The Morgan fingerprint density at radius 2 is 2.07 bits per heavy atom. The number of nitrogens with zero attached hydrogens (tertiary/aromatic N) is 2. The molecule has 0 aliphatic carbocycles. The van der Waals surface area contributed by atoms with E-state index in [4.69, 9.17) is 0 Å². The van der Waals surface area contributed by atoms with Crippen molar-refractivity contribution in [3.63, 3.8) is 0 Å². The predicted octanol–water partition coefficient (Wildman–Crippen LogP) is -2.10. The Bertz CT molecular complexity index is 260. The second kappa shape index (κ2) is 6.04.